The quantitative estimate of drug-likeness (QED) is 0.553. The summed E-state index contributed by atoms with van der Waals surface area (Å²) in [5.41, 5.74) is 0.941. The molecule has 0 bridgehead atoms. The molecular formula is C11H12O4. The van der Waals surface area contributed by atoms with Crippen LogP contribution < -0.4 is 0 Å². The standard InChI is InChI=1S/C11H12O4/c1-14-10(11(13)15-2)9-6-4-3-5-8(9)7-12/h3-7,10H,1-2H3. The van der Waals surface area contributed by atoms with Crippen LogP contribution in [-0.4, -0.2) is 26.5 Å². The van der Waals surface area contributed by atoms with Crippen LogP contribution in [0.25, 0.3) is 0 Å². The highest BCUT2D eigenvalue weighted by molar-refractivity contribution is 5.83. The molecule has 0 N–H and O–H groups in total. The minimum Gasteiger partial charge on any atom is -0.467 e. The lowest BCUT2D eigenvalue weighted by Crippen LogP contribution is -2.17. The van der Waals surface area contributed by atoms with Crippen LogP contribution in [0.1, 0.15) is 22.0 Å². The number of carbonyl (C=O) groups excluding carboxylic acids is 2. The van der Waals surface area contributed by atoms with Crippen molar-refractivity contribution in [2.75, 3.05) is 14.2 Å². The average molecular weight is 208 g/mol. The summed E-state index contributed by atoms with van der Waals surface area (Å²) < 4.78 is 9.58. The van der Waals surface area contributed by atoms with Gasteiger partial charge in [0, 0.05) is 18.2 Å². The van der Waals surface area contributed by atoms with Crippen molar-refractivity contribution in [1.82, 2.24) is 0 Å². The number of rotatable bonds is 4. The first-order valence-electron chi connectivity index (χ1n) is 4.39. The van der Waals surface area contributed by atoms with Gasteiger partial charge in [-0.15, -0.1) is 0 Å². The highest BCUT2D eigenvalue weighted by atomic mass is 16.6. The average Bonchev–Trinajstić information content (AvgIpc) is 2.30. The van der Waals surface area contributed by atoms with E-state index < -0.39 is 12.1 Å². The minimum atomic E-state index is -0.851. The van der Waals surface area contributed by atoms with Crippen LogP contribution in [0.2, 0.25) is 0 Å². The van der Waals surface area contributed by atoms with Crippen LogP contribution in [0.15, 0.2) is 24.3 Å². The summed E-state index contributed by atoms with van der Waals surface area (Å²) in [5, 5.41) is 0. The lowest BCUT2D eigenvalue weighted by molar-refractivity contribution is -0.152. The van der Waals surface area contributed by atoms with Crippen LogP contribution in [0.3, 0.4) is 0 Å². The van der Waals surface area contributed by atoms with Gasteiger partial charge in [0.2, 0.25) is 0 Å². The van der Waals surface area contributed by atoms with Gasteiger partial charge in [0.25, 0.3) is 0 Å². The number of benzene rings is 1. The van der Waals surface area contributed by atoms with E-state index in [9.17, 15) is 9.59 Å². The number of hydrogen-bond donors (Lipinski definition) is 0. The number of aldehydes is 1. The van der Waals surface area contributed by atoms with E-state index >= 15 is 0 Å². The molecule has 0 amide bonds. The van der Waals surface area contributed by atoms with Crippen LogP contribution in [0.5, 0.6) is 0 Å². The second-order valence-corrected chi connectivity index (χ2v) is 2.89. The van der Waals surface area contributed by atoms with Gasteiger partial charge in [-0.25, -0.2) is 4.79 Å². The van der Waals surface area contributed by atoms with Crippen LogP contribution in [0.4, 0.5) is 0 Å². The van der Waals surface area contributed by atoms with Gasteiger partial charge < -0.3 is 9.47 Å². The summed E-state index contributed by atoms with van der Waals surface area (Å²) in [6, 6.07) is 6.74. The minimum absolute atomic E-state index is 0.426. The van der Waals surface area contributed by atoms with E-state index in [4.69, 9.17) is 4.74 Å². The second-order valence-electron chi connectivity index (χ2n) is 2.89. The Hall–Kier alpha value is -1.68. The van der Waals surface area contributed by atoms with Gasteiger partial charge in [0.05, 0.1) is 7.11 Å². The Morgan fingerprint density at radius 1 is 1.33 bits per heavy atom. The third kappa shape index (κ3) is 2.41. The first kappa shape index (κ1) is 11.4. The van der Waals surface area contributed by atoms with Crippen molar-refractivity contribution < 1.29 is 19.1 Å². The molecule has 15 heavy (non-hydrogen) atoms. The number of carbonyl (C=O) groups is 2. The molecule has 80 valence electrons. The SMILES string of the molecule is COC(=O)C(OC)c1ccccc1C=O. The van der Waals surface area contributed by atoms with Gasteiger partial charge in [0.1, 0.15) is 6.29 Å². The smallest absolute Gasteiger partial charge is 0.339 e. The monoisotopic (exact) mass is 208 g/mol. The molecule has 0 aliphatic heterocycles. The fourth-order valence-electron chi connectivity index (χ4n) is 1.31. The van der Waals surface area contributed by atoms with Crippen LogP contribution >= 0.6 is 0 Å². The van der Waals surface area contributed by atoms with E-state index in [1.807, 2.05) is 0 Å². The predicted molar refractivity (Wildman–Crippen MR) is 53.6 cm³/mol. The summed E-state index contributed by atoms with van der Waals surface area (Å²) in [7, 11) is 2.67. The van der Waals surface area contributed by atoms with Crippen molar-refractivity contribution in [3.05, 3.63) is 35.4 Å². The topological polar surface area (TPSA) is 52.6 Å². The maximum absolute atomic E-state index is 11.3. The number of esters is 1. The second kappa shape index (κ2) is 5.26. The zero-order chi connectivity index (χ0) is 11.3. The molecule has 0 fully saturated rings. The van der Waals surface area contributed by atoms with Crippen molar-refractivity contribution in [1.29, 1.82) is 0 Å². The Labute approximate surface area is 87.8 Å². The Kier molecular flexibility index (Phi) is 4.00. The molecule has 1 atom stereocenters. The Balaban J connectivity index is 3.11. The molecule has 1 unspecified atom stereocenters. The number of hydrogen-bond acceptors (Lipinski definition) is 4. The van der Waals surface area contributed by atoms with Gasteiger partial charge >= 0.3 is 5.97 Å². The highest BCUT2D eigenvalue weighted by Gasteiger charge is 2.22. The molecule has 0 aromatic heterocycles. The zero-order valence-corrected chi connectivity index (χ0v) is 8.60. The van der Waals surface area contributed by atoms with E-state index in [1.54, 1.807) is 24.3 Å². The van der Waals surface area contributed by atoms with E-state index in [0.717, 1.165) is 0 Å². The first-order valence-corrected chi connectivity index (χ1v) is 4.39. The molecule has 0 radical (unpaired) electrons. The summed E-state index contributed by atoms with van der Waals surface area (Å²) in [6.07, 6.45) is -0.166. The Morgan fingerprint density at radius 2 is 2.00 bits per heavy atom. The van der Waals surface area contributed by atoms with Gasteiger partial charge in [-0.1, -0.05) is 24.3 Å². The Morgan fingerprint density at radius 3 is 2.53 bits per heavy atom. The maximum atomic E-state index is 11.3. The fourth-order valence-corrected chi connectivity index (χ4v) is 1.31. The molecule has 1 rings (SSSR count). The zero-order valence-electron chi connectivity index (χ0n) is 8.60. The molecule has 0 aliphatic carbocycles. The normalized spacial score (nSPS) is 11.9. The molecule has 0 heterocycles. The summed E-state index contributed by atoms with van der Waals surface area (Å²) >= 11 is 0. The molecule has 1 aromatic carbocycles. The lowest BCUT2D eigenvalue weighted by Gasteiger charge is -2.14. The molecular weight excluding hydrogens is 196 g/mol. The van der Waals surface area contributed by atoms with E-state index in [-0.39, 0.29) is 0 Å². The van der Waals surface area contributed by atoms with Crippen LogP contribution in [0, 0.1) is 0 Å². The number of ether oxygens (including phenoxy) is 2. The van der Waals surface area contributed by atoms with Gasteiger partial charge in [-0.05, 0) is 0 Å². The van der Waals surface area contributed by atoms with Gasteiger partial charge in [-0.2, -0.15) is 0 Å². The molecule has 1 aromatic rings. The number of methoxy groups -OCH3 is 2. The molecule has 0 aliphatic rings. The molecule has 0 saturated heterocycles. The van der Waals surface area contributed by atoms with Crippen LogP contribution in [-0.2, 0) is 14.3 Å². The molecule has 0 saturated carbocycles. The van der Waals surface area contributed by atoms with E-state index in [0.29, 0.717) is 17.4 Å². The largest absolute Gasteiger partial charge is 0.467 e. The third-order valence-corrected chi connectivity index (χ3v) is 2.06. The predicted octanol–water partition coefficient (Wildman–Crippen LogP) is 1.36. The molecule has 4 heteroatoms. The van der Waals surface area contributed by atoms with E-state index in [1.165, 1.54) is 14.2 Å². The molecule has 0 spiro atoms. The summed E-state index contributed by atoms with van der Waals surface area (Å²) in [4.78, 5) is 22.1. The van der Waals surface area contributed by atoms with E-state index in [2.05, 4.69) is 4.74 Å². The first-order chi connectivity index (χ1) is 7.24. The highest BCUT2D eigenvalue weighted by Crippen LogP contribution is 2.20. The lowest BCUT2D eigenvalue weighted by atomic mass is 10.0. The molecule has 4 nitrogen and oxygen atoms in total. The van der Waals surface area contributed by atoms with Crippen molar-refractivity contribution in [3.8, 4) is 0 Å². The van der Waals surface area contributed by atoms with Crippen molar-refractivity contribution in [2.45, 2.75) is 6.10 Å². The summed E-state index contributed by atoms with van der Waals surface area (Å²) in [5.74, 6) is -0.521. The van der Waals surface area contributed by atoms with Gasteiger partial charge in [0.15, 0.2) is 6.10 Å². The van der Waals surface area contributed by atoms with Gasteiger partial charge in [-0.3, -0.25) is 4.79 Å². The maximum Gasteiger partial charge on any atom is 0.339 e. The Bertz CT molecular complexity index is 359. The third-order valence-electron chi connectivity index (χ3n) is 2.06. The van der Waals surface area contributed by atoms with Crippen molar-refractivity contribution in [3.63, 3.8) is 0 Å². The van der Waals surface area contributed by atoms with Crippen molar-refractivity contribution >= 4 is 12.3 Å². The fraction of sp³-hybridized carbons (Fsp3) is 0.273. The van der Waals surface area contributed by atoms with Crippen molar-refractivity contribution in [2.24, 2.45) is 0 Å². The summed E-state index contributed by atoms with van der Waals surface area (Å²) in [6.45, 7) is 0.